The Morgan fingerprint density at radius 1 is 1.23 bits per heavy atom. The lowest BCUT2D eigenvalue weighted by atomic mass is 9.88. The number of ketones is 1. The van der Waals surface area contributed by atoms with Crippen molar-refractivity contribution in [3.05, 3.63) is 21.3 Å². The number of nitrogens with zero attached hydrogens (tertiary/aromatic N) is 1. The van der Waals surface area contributed by atoms with Crippen LogP contribution in [-0.4, -0.2) is 47.3 Å². The van der Waals surface area contributed by atoms with Gasteiger partial charge in [-0.05, 0) is 25.0 Å². The van der Waals surface area contributed by atoms with E-state index in [1.165, 1.54) is 0 Å². The highest BCUT2D eigenvalue weighted by Gasteiger charge is 2.50. The van der Waals surface area contributed by atoms with Gasteiger partial charge in [0, 0.05) is 0 Å². The van der Waals surface area contributed by atoms with Gasteiger partial charge in [-0.25, -0.2) is 4.79 Å². The van der Waals surface area contributed by atoms with Crippen LogP contribution >= 0.6 is 22.9 Å². The molecule has 0 saturated carbocycles. The second-order valence-electron chi connectivity index (χ2n) is 6.09. The number of esters is 1. The van der Waals surface area contributed by atoms with Crippen LogP contribution in [0.5, 0.6) is 0 Å². The summed E-state index contributed by atoms with van der Waals surface area (Å²) in [5, 5.41) is 2.72. The smallest absolute Gasteiger partial charge is 0.326 e. The first kappa shape index (κ1) is 20.4. The Kier molecular flexibility index (Phi) is 6.77. The van der Waals surface area contributed by atoms with E-state index in [9.17, 15) is 19.2 Å². The van der Waals surface area contributed by atoms with Crippen molar-refractivity contribution in [1.29, 1.82) is 0 Å². The van der Waals surface area contributed by atoms with Gasteiger partial charge in [0.2, 0.25) is 5.78 Å². The molecule has 3 amide bonds. The molecule has 1 saturated heterocycles. The first-order valence-electron chi connectivity index (χ1n) is 8.41. The quantitative estimate of drug-likeness (QED) is 0.390. The first-order chi connectivity index (χ1) is 12.3. The van der Waals surface area contributed by atoms with Gasteiger partial charge in [0.25, 0.3) is 5.91 Å². The van der Waals surface area contributed by atoms with Crippen molar-refractivity contribution in [1.82, 2.24) is 10.2 Å². The second-order valence-corrected chi connectivity index (χ2v) is 7.81. The number of halogens is 1. The molecule has 1 aromatic heterocycles. The predicted molar refractivity (Wildman–Crippen MR) is 97.4 cm³/mol. The van der Waals surface area contributed by atoms with Crippen molar-refractivity contribution in [2.45, 2.75) is 45.1 Å². The van der Waals surface area contributed by atoms with E-state index < -0.39 is 42.4 Å². The largest absolute Gasteiger partial charge is 0.456 e. The Morgan fingerprint density at radius 2 is 1.88 bits per heavy atom. The molecule has 1 N–H and O–H groups in total. The third kappa shape index (κ3) is 4.42. The molecule has 142 valence electrons. The molecule has 7 nitrogen and oxygen atoms in total. The summed E-state index contributed by atoms with van der Waals surface area (Å²) in [4.78, 5) is 50.0. The van der Waals surface area contributed by atoms with Gasteiger partial charge < -0.3 is 10.1 Å². The average Bonchev–Trinajstić information content (AvgIpc) is 3.11. The average molecular weight is 401 g/mol. The Hall–Kier alpha value is -1.93. The number of amides is 3. The molecule has 0 atom stereocenters. The van der Waals surface area contributed by atoms with Crippen LogP contribution in [0.3, 0.4) is 0 Å². The number of carbonyl (C=O) groups excluding carboxylic acids is 4. The van der Waals surface area contributed by atoms with Gasteiger partial charge in [0.1, 0.15) is 12.1 Å². The molecule has 0 aromatic carbocycles. The SMILES string of the molecule is CCCC1(CCC)NC(=O)N(CC(=O)OCC(=O)c2ccc(Cl)s2)C1=O. The number of nitrogens with one attached hydrogen (secondary N) is 1. The summed E-state index contributed by atoms with van der Waals surface area (Å²) >= 11 is 6.85. The van der Waals surface area contributed by atoms with Crippen LogP contribution in [0.4, 0.5) is 4.79 Å². The fraction of sp³-hybridized carbons (Fsp3) is 0.529. The van der Waals surface area contributed by atoms with E-state index in [2.05, 4.69) is 5.32 Å². The molecule has 0 radical (unpaired) electrons. The van der Waals surface area contributed by atoms with Crippen molar-refractivity contribution in [3.8, 4) is 0 Å². The Balaban J connectivity index is 1.94. The van der Waals surface area contributed by atoms with E-state index >= 15 is 0 Å². The molecule has 1 fully saturated rings. The fourth-order valence-corrected chi connectivity index (χ4v) is 3.96. The molecule has 0 aliphatic carbocycles. The molecular weight excluding hydrogens is 380 g/mol. The van der Waals surface area contributed by atoms with Crippen LogP contribution in [0.2, 0.25) is 4.34 Å². The third-order valence-corrected chi connectivity index (χ3v) is 5.37. The molecule has 1 aromatic rings. The van der Waals surface area contributed by atoms with Gasteiger partial charge in [0.15, 0.2) is 6.61 Å². The van der Waals surface area contributed by atoms with Gasteiger partial charge in [-0.1, -0.05) is 38.3 Å². The number of carbonyl (C=O) groups is 4. The maximum Gasteiger partial charge on any atom is 0.326 e. The normalized spacial score (nSPS) is 15.9. The van der Waals surface area contributed by atoms with E-state index in [1.54, 1.807) is 12.1 Å². The van der Waals surface area contributed by atoms with Crippen LogP contribution < -0.4 is 5.32 Å². The number of urea groups is 1. The Morgan fingerprint density at radius 3 is 2.42 bits per heavy atom. The summed E-state index contributed by atoms with van der Waals surface area (Å²) in [6, 6.07) is 2.52. The number of Topliss-reactive ketones (excluding diaryl/α,β-unsaturated/α-hetero) is 1. The lowest BCUT2D eigenvalue weighted by Gasteiger charge is -2.25. The Bertz CT molecular complexity index is 712. The summed E-state index contributed by atoms with van der Waals surface area (Å²) in [7, 11) is 0. The van der Waals surface area contributed by atoms with Gasteiger partial charge in [0.05, 0.1) is 9.21 Å². The molecule has 1 aliphatic heterocycles. The minimum atomic E-state index is -0.954. The van der Waals surface area contributed by atoms with Gasteiger partial charge in [-0.15, -0.1) is 11.3 Å². The number of imide groups is 1. The number of hydrogen-bond acceptors (Lipinski definition) is 6. The number of rotatable bonds is 9. The monoisotopic (exact) mass is 400 g/mol. The second kappa shape index (κ2) is 8.64. The van der Waals surface area contributed by atoms with E-state index in [1.807, 2.05) is 13.8 Å². The van der Waals surface area contributed by atoms with Crippen LogP contribution in [0.1, 0.15) is 49.2 Å². The maximum absolute atomic E-state index is 12.7. The van der Waals surface area contributed by atoms with Gasteiger partial charge in [-0.3, -0.25) is 19.3 Å². The van der Waals surface area contributed by atoms with Gasteiger partial charge >= 0.3 is 12.0 Å². The highest BCUT2D eigenvalue weighted by atomic mass is 35.5. The zero-order valence-corrected chi connectivity index (χ0v) is 16.2. The highest BCUT2D eigenvalue weighted by molar-refractivity contribution is 7.18. The molecule has 0 unspecified atom stereocenters. The van der Waals surface area contributed by atoms with Crippen LogP contribution in [0, 0.1) is 0 Å². The van der Waals surface area contributed by atoms with Gasteiger partial charge in [-0.2, -0.15) is 0 Å². The van der Waals surface area contributed by atoms with E-state index in [4.69, 9.17) is 16.3 Å². The maximum atomic E-state index is 12.7. The molecule has 1 aliphatic rings. The number of thiophene rings is 1. The van der Waals surface area contributed by atoms with Crippen LogP contribution in [0.25, 0.3) is 0 Å². The summed E-state index contributed by atoms with van der Waals surface area (Å²) < 4.78 is 5.38. The topological polar surface area (TPSA) is 92.8 Å². The first-order valence-corrected chi connectivity index (χ1v) is 9.60. The summed E-state index contributed by atoms with van der Waals surface area (Å²) in [6.45, 7) is 2.87. The highest BCUT2D eigenvalue weighted by Crippen LogP contribution is 2.28. The lowest BCUT2D eigenvalue weighted by Crippen LogP contribution is -2.47. The molecule has 26 heavy (non-hydrogen) atoms. The molecule has 0 bridgehead atoms. The molecule has 2 rings (SSSR count). The van der Waals surface area contributed by atoms with Crippen LogP contribution in [0.15, 0.2) is 12.1 Å². The van der Waals surface area contributed by atoms with Crippen molar-refractivity contribution in [2.24, 2.45) is 0 Å². The lowest BCUT2D eigenvalue weighted by molar-refractivity contribution is -0.147. The fourth-order valence-electron chi connectivity index (χ4n) is 2.99. The summed E-state index contributed by atoms with van der Waals surface area (Å²) in [5.41, 5.74) is -0.954. The minimum absolute atomic E-state index is 0.378. The third-order valence-electron chi connectivity index (χ3n) is 4.10. The Labute approximate surface area is 160 Å². The van der Waals surface area contributed by atoms with E-state index in [0.717, 1.165) is 29.1 Å². The minimum Gasteiger partial charge on any atom is -0.456 e. The van der Waals surface area contributed by atoms with Crippen molar-refractivity contribution < 1.29 is 23.9 Å². The predicted octanol–water partition coefficient (Wildman–Crippen LogP) is 3.02. The zero-order chi connectivity index (χ0) is 19.3. The molecular formula is C17H21ClN2O5S. The van der Waals surface area contributed by atoms with E-state index in [0.29, 0.717) is 22.1 Å². The molecule has 2 heterocycles. The zero-order valence-electron chi connectivity index (χ0n) is 14.7. The molecule has 0 spiro atoms. The van der Waals surface area contributed by atoms with Crippen molar-refractivity contribution in [3.63, 3.8) is 0 Å². The molecule has 9 heteroatoms. The van der Waals surface area contributed by atoms with Crippen molar-refractivity contribution in [2.75, 3.05) is 13.2 Å². The number of hydrogen-bond donors (Lipinski definition) is 1. The summed E-state index contributed by atoms with van der Waals surface area (Å²) in [6.07, 6.45) is 2.47. The standard InChI is InChI=1S/C17H21ClN2O5S/c1-3-7-17(8-4-2)15(23)20(16(24)19-17)9-14(22)25-10-11(21)12-5-6-13(18)26-12/h5-6H,3-4,7-10H2,1-2H3,(H,19,24). The van der Waals surface area contributed by atoms with Crippen molar-refractivity contribution >= 4 is 46.6 Å². The van der Waals surface area contributed by atoms with Crippen LogP contribution in [-0.2, 0) is 14.3 Å². The van der Waals surface area contributed by atoms with E-state index in [-0.39, 0.29) is 0 Å². The summed E-state index contributed by atoms with van der Waals surface area (Å²) in [5.74, 6) is -1.62. The number of ether oxygens (including phenoxy) is 1.